The lowest BCUT2D eigenvalue weighted by atomic mass is 10.2. The van der Waals surface area contributed by atoms with E-state index in [0.717, 1.165) is 22.9 Å². The van der Waals surface area contributed by atoms with E-state index in [1.807, 2.05) is 0 Å². The van der Waals surface area contributed by atoms with Crippen LogP contribution < -0.4 is 11.5 Å². The molecule has 2 aromatic carbocycles. The van der Waals surface area contributed by atoms with Crippen molar-refractivity contribution >= 4 is 33.7 Å². The Morgan fingerprint density at radius 2 is 1.17 bits per heavy atom. The quantitative estimate of drug-likeness (QED) is 0.219. The van der Waals surface area contributed by atoms with Gasteiger partial charge in [-0.3, -0.25) is 11.5 Å². The first-order valence-electron chi connectivity index (χ1n) is 11.1. The number of aromatic nitrogens is 2. The van der Waals surface area contributed by atoms with Gasteiger partial charge in [-0.25, -0.2) is 18.4 Å². The maximum Gasteiger partial charge on any atom is 0.332 e. The number of rotatable bonds is 8. The van der Waals surface area contributed by atoms with Crippen LogP contribution in [0.1, 0.15) is 13.8 Å². The fraction of sp³-hybridized carbons (Fsp3) is 0.231. The topological polar surface area (TPSA) is 114 Å². The van der Waals surface area contributed by atoms with E-state index in [1.54, 1.807) is 45.8 Å². The molecule has 4 N–H and O–H groups in total. The summed E-state index contributed by atoms with van der Waals surface area (Å²) in [6.45, 7) is 3.08. The molecule has 0 saturated heterocycles. The molecular formula is C26H26F2N4O4. The summed E-state index contributed by atoms with van der Waals surface area (Å²) >= 11 is 0. The molecule has 0 unspecified atom stereocenters. The monoisotopic (exact) mass is 496 g/mol. The number of nitrogens with zero attached hydrogens (tertiary/aromatic N) is 2. The molecule has 0 aliphatic carbocycles. The van der Waals surface area contributed by atoms with Crippen molar-refractivity contribution in [2.45, 2.75) is 38.4 Å². The summed E-state index contributed by atoms with van der Waals surface area (Å²) in [6.07, 6.45) is 5.19. The molecule has 188 valence electrons. The predicted octanol–water partition coefficient (Wildman–Crippen LogP) is 3.57. The van der Waals surface area contributed by atoms with E-state index in [2.05, 4.69) is 0 Å². The Morgan fingerprint density at radius 3 is 1.56 bits per heavy atom. The third kappa shape index (κ3) is 5.96. The largest absolute Gasteiger partial charge is 0.439 e. The average molecular weight is 497 g/mol. The number of fused-ring (bicyclic) bond motifs is 2. The maximum atomic E-state index is 13.6. The Morgan fingerprint density at radius 1 is 0.778 bits per heavy atom. The molecule has 4 aromatic rings. The van der Waals surface area contributed by atoms with E-state index in [0.29, 0.717) is 11.0 Å². The number of halogens is 2. The number of carbonyl (C=O) groups excluding carboxylic acids is 2. The first-order chi connectivity index (χ1) is 16.9. The molecule has 0 aliphatic heterocycles. The van der Waals surface area contributed by atoms with Crippen molar-refractivity contribution in [1.29, 1.82) is 0 Å². The summed E-state index contributed by atoms with van der Waals surface area (Å²) in [7, 11) is 0. The van der Waals surface area contributed by atoms with E-state index in [9.17, 15) is 18.4 Å². The standard InChI is InChI=1S/C26H26F2N4O4/c1-25(29,15-31-11-9-17-3-5-19(27)13-21(17)31)35-23(33)7-8-24(34)36-26(2,30)16-32-12-10-18-4-6-20(28)14-22(18)32/h3-14H,15-16,29-30H2,1-2H3/b8-7+/t25-,26-/m0/s1. The van der Waals surface area contributed by atoms with Crippen LogP contribution in [0.3, 0.4) is 0 Å². The molecule has 0 bridgehead atoms. The fourth-order valence-electron chi connectivity index (χ4n) is 3.99. The van der Waals surface area contributed by atoms with Gasteiger partial charge in [-0.2, -0.15) is 0 Å². The van der Waals surface area contributed by atoms with Crippen LogP contribution in [0.15, 0.2) is 73.1 Å². The summed E-state index contributed by atoms with van der Waals surface area (Å²) in [5, 5.41) is 1.62. The third-order valence-corrected chi connectivity index (χ3v) is 5.46. The summed E-state index contributed by atoms with van der Waals surface area (Å²) in [4.78, 5) is 24.5. The highest BCUT2D eigenvalue weighted by atomic mass is 19.1. The van der Waals surface area contributed by atoms with Crippen LogP contribution in [0.4, 0.5) is 8.78 Å². The van der Waals surface area contributed by atoms with Gasteiger partial charge in [0.1, 0.15) is 11.6 Å². The van der Waals surface area contributed by atoms with Crippen molar-refractivity contribution < 1.29 is 27.8 Å². The van der Waals surface area contributed by atoms with Gasteiger partial charge in [0.25, 0.3) is 0 Å². The number of benzene rings is 2. The van der Waals surface area contributed by atoms with Crippen LogP contribution >= 0.6 is 0 Å². The third-order valence-electron chi connectivity index (χ3n) is 5.46. The van der Waals surface area contributed by atoms with Gasteiger partial charge in [0, 0.05) is 24.5 Å². The molecule has 10 heteroatoms. The second kappa shape index (κ2) is 9.56. The Hall–Kier alpha value is -4.02. The summed E-state index contributed by atoms with van der Waals surface area (Å²) in [6, 6.07) is 12.3. The van der Waals surface area contributed by atoms with Crippen molar-refractivity contribution in [2.75, 3.05) is 0 Å². The van der Waals surface area contributed by atoms with Crippen molar-refractivity contribution in [2.24, 2.45) is 11.5 Å². The van der Waals surface area contributed by atoms with Gasteiger partial charge in [-0.1, -0.05) is 0 Å². The minimum atomic E-state index is -1.45. The Labute approximate surface area is 205 Å². The second-order valence-corrected chi connectivity index (χ2v) is 9.09. The Balaban J connectivity index is 1.34. The molecule has 2 aromatic heterocycles. The van der Waals surface area contributed by atoms with Crippen molar-refractivity contribution in [3.63, 3.8) is 0 Å². The summed E-state index contributed by atoms with van der Waals surface area (Å²) < 4.78 is 41.1. The number of ether oxygens (including phenoxy) is 2. The Bertz CT molecular complexity index is 1360. The number of hydrogen-bond acceptors (Lipinski definition) is 6. The number of esters is 2. The fourth-order valence-corrected chi connectivity index (χ4v) is 3.99. The van der Waals surface area contributed by atoms with Gasteiger partial charge in [0.05, 0.1) is 24.1 Å². The minimum absolute atomic E-state index is 0.0519. The SMILES string of the molecule is C[C@@](N)(Cn1ccc2ccc(F)cc21)OC(=O)/C=C/C(=O)O[C@](C)(N)Cn1ccc2ccc(F)cc21. The zero-order valence-corrected chi connectivity index (χ0v) is 19.8. The molecule has 0 fully saturated rings. The molecule has 0 radical (unpaired) electrons. The van der Waals surface area contributed by atoms with Gasteiger partial charge >= 0.3 is 11.9 Å². The molecular weight excluding hydrogens is 470 g/mol. The number of nitrogens with two attached hydrogens (primary N) is 2. The maximum absolute atomic E-state index is 13.6. The van der Waals surface area contributed by atoms with E-state index in [1.165, 1.54) is 38.1 Å². The molecule has 8 nitrogen and oxygen atoms in total. The lowest BCUT2D eigenvalue weighted by molar-refractivity contribution is -0.155. The van der Waals surface area contributed by atoms with Crippen LogP contribution in [0, 0.1) is 11.6 Å². The van der Waals surface area contributed by atoms with Crippen molar-refractivity contribution in [1.82, 2.24) is 9.13 Å². The highest BCUT2D eigenvalue weighted by molar-refractivity contribution is 5.92. The minimum Gasteiger partial charge on any atom is -0.439 e. The van der Waals surface area contributed by atoms with Crippen LogP contribution in [-0.2, 0) is 32.2 Å². The average Bonchev–Trinajstić information content (AvgIpc) is 3.34. The molecule has 0 aliphatic rings. The molecule has 2 heterocycles. The highest BCUT2D eigenvalue weighted by Crippen LogP contribution is 2.21. The van der Waals surface area contributed by atoms with Gasteiger partial charge in [-0.15, -0.1) is 0 Å². The van der Waals surface area contributed by atoms with Gasteiger partial charge in [0.2, 0.25) is 0 Å². The van der Waals surface area contributed by atoms with E-state index < -0.39 is 35.0 Å². The highest BCUT2D eigenvalue weighted by Gasteiger charge is 2.26. The summed E-state index contributed by atoms with van der Waals surface area (Å²) in [5.41, 5.74) is 10.5. The van der Waals surface area contributed by atoms with E-state index in [4.69, 9.17) is 20.9 Å². The van der Waals surface area contributed by atoms with Gasteiger partial charge in [-0.05, 0) is 73.2 Å². The van der Waals surface area contributed by atoms with Crippen LogP contribution in [-0.4, -0.2) is 32.5 Å². The molecule has 4 rings (SSSR count). The van der Waals surface area contributed by atoms with Crippen LogP contribution in [0.5, 0.6) is 0 Å². The second-order valence-electron chi connectivity index (χ2n) is 9.09. The smallest absolute Gasteiger partial charge is 0.332 e. The van der Waals surface area contributed by atoms with Gasteiger partial charge in [0.15, 0.2) is 11.4 Å². The van der Waals surface area contributed by atoms with Crippen molar-refractivity contribution in [3.8, 4) is 0 Å². The van der Waals surface area contributed by atoms with E-state index >= 15 is 0 Å². The number of carbonyl (C=O) groups is 2. The lowest BCUT2D eigenvalue weighted by Crippen LogP contribution is -2.45. The first-order valence-corrected chi connectivity index (χ1v) is 11.1. The van der Waals surface area contributed by atoms with E-state index in [-0.39, 0.29) is 13.1 Å². The zero-order chi connectivity index (χ0) is 26.1. The zero-order valence-electron chi connectivity index (χ0n) is 19.8. The molecule has 0 amide bonds. The molecule has 0 spiro atoms. The normalized spacial score (nSPS) is 15.2. The van der Waals surface area contributed by atoms with Crippen molar-refractivity contribution in [3.05, 3.63) is 84.7 Å². The summed E-state index contributed by atoms with van der Waals surface area (Å²) in [5.74, 6) is -2.54. The predicted molar refractivity (Wildman–Crippen MR) is 130 cm³/mol. The van der Waals surface area contributed by atoms with Crippen LogP contribution in [0.2, 0.25) is 0 Å². The first kappa shape index (κ1) is 25.1. The Kier molecular flexibility index (Phi) is 6.66. The molecule has 2 atom stereocenters. The van der Waals surface area contributed by atoms with Gasteiger partial charge < -0.3 is 18.6 Å². The molecule has 0 saturated carbocycles. The van der Waals surface area contributed by atoms with Crippen LogP contribution in [0.25, 0.3) is 21.8 Å². The number of hydrogen-bond donors (Lipinski definition) is 2. The molecule has 36 heavy (non-hydrogen) atoms. The lowest BCUT2D eigenvalue weighted by Gasteiger charge is -2.26.